The number of hydrogen-bond donors (Lipinski definition) is 0. The summed E-state index contributed by atoms with van der Waals surface area (Å²) in [6.45, 7) is 8.04. The molecule has 1 amide bonds. The second-order valence-electron chi connectivity index (χ2n) is 5.10. The van der Waals surface area contributed by atoms with Crippen LogP contribution in [0.4, 0.5) is 0 Å². The molecule has 0 bridgehead atoms. The maximum absolute atomic E-state index is 12.4. The Labute approximate surface area is 104 Å². The Balaban J connectivity index is 2.26. The van der Waals surface area contributed by atoms with Crippen LogP contribution in [0, 0.1) is 20.8 Å². The van der Waals surface area contributed by atoms with E-state index in [2.05, 4.69) is 19.9 Å². The molecule has 0 N–H and O–H groups in total. The molecule has 2 heteroatoms. The van der Waals surface area contributed by atoms with Crippen LogP contribution in [0.2, 0.25) is 0 Å². The van der Waals surface area contributed by atoms with Crippen molar-refractivity contribution in [1.29, 1.82) is 0 Å². The fourth-order valence-electron chi connectivity index (χ4n) is 2.46. The molecule has 2 nitrogen and oxygen atoms in total. The van der Waals surface area contributed by atoms with Gasteiger partial charge in [0.15, 0.2) is 0 Å². The Hall–Kier alpha value is -1.31. The Bertz CT molecular complexity index is 431. The number of hydrogen-bond acceptors (Lipinski definition) is 1. The summed E-state index contributed by atoms with van der Waals surface area (Å²) < 4.78 is 0. The van der Waals surface area contributed by atoms with E-state index in [9.17, 15) is 4.79 Å². The van der Waals surface area contributed by atoms with Crippen LogP contribution in [-0.4, -0.2) is 23.9 Å². The molecule has 1 aromatic rings. The van der Waals surface area contributed by atoms with Crippen molar-refractivity contribution in [2.24, 2.45) is 0 Å². The minimum Gasteiger partial charge on any atom is -0.339 e. The maximum Gasteiger partial charge on any atom is 0.254 e. The van der Waals surface area contributed by atoms with Crippen LogP contribution in [0.1, 0.15) is 46.3 Å². The van der Waals surface area contributed by atoms with Gasteiger partial charge in [-0.15, -0.1) is 0 Å². The quantitative estimate of drug-likeness (QED) is 0.726. The zero-order valence-corrected chi connectivity index (χ0v) is 11.0. The number of aryl methyl sites for hydroxylation is 3. The number of rotatable bonds is 1. The Morgan fingerprint density at radius 2 is 1.53 bits per heavy atom. The smallest absolute Gasteiger partial charge is 0.254 e. The monoisotopic (exact) mass is 231 g/mol. The standard InChI is InChI=1S/C15H21NO/c1-11-9-13(3)14(10-12(11)2)15(17)16-7-5-4-6-8-16/h9-10H,4-8H2,1-3H3. The highest BCUT2D eigenvalue weighted by atomic mass is 16.2. The van der Waals surface area contributed by atoms with Crippen molar-refractivity contribution in [3.63, 3.8) is 0 Å². The summed E-state index contributed by atoms with van der Waals surface area (Å²) in [5.74, 6) is 0.213. The van der Waals surface area contributed by atoms with E-state index in [4.69, 9.17) is 0 Å². The highest BCUT2D eigenvalue weighted by molar-refractivity contribution is 5.96. The molecule has 1 fully saturated rings. The molecular weight excluding hydrogens is 210 g/mol. The second kappa shape index (κ2) is 4.91. The molecule has 1 aliphatic heterocycles. The molecule has 0 spiro atoms. The van der Waals surface area contributed by atoms with Gasteiger partial charge in [0.05, 0.1) is 0 Å². The highest BCUT2D eigenvalue weighted by Crippen LogP contribution is 2.19. The van der Waals surface area contributed by atoms with Crippen LogP contribution >= 0.6 is 0 Å². The van der Waals surface area contributed by atoms with Crippen LogP contribution < -0.4 is 0 Å². The first-order valence-electron chi connectivity index (χ1n) is 6.46. The minimum absolute atomic E-state index is 0.213. The molecule has 1 aliphatic rings. The number of nitrogens with zero attached hydrogens (tertiary/aromatic N) is 1. The molecule has 0 aromatic heterocycles. The van der Waals surface area contributed by atoms with Crippen molar-refractivity contribution in [3.8, 4) is 0 Å². The van der Waals surface area contributed by atoms with Gasteiger partial charge in [-0.3, -0.25) is 4.79 Å². The Kier molecular flexibility index (Phi) is 3.51. The first-order valence-corrected chi connectivity index (χ1v) is 6.46. The van der Waals surface area contributed by atoms with Crippen LogP contribution in [0.3, 0.4) is 0 Å². The topological polar surface area (TPSA) is 20.3 Å². The van der Waals surface area contributed by atoms with Crippen molar-refractivity contribution < 1.29 is 4.79 Å². The van der Waals surface area contributed by atoms with Crippen LogP contribution in [0.15, 0.2) is 12.1 Å². The number of likely N-dealkylation sites (tertiary alicyclic amines) is 1. The zero-order valence-electron chi connectivity index (χ0n) is 11.0. The number of piperidine rings is 1. The lowest BCUT2D eigenvalue weighted by atomic mass is 9.99. The third-order valence-electron chi connectivity index (χ3n) is 3.71. The van der Waals surface area contributed by atoms with Crippen LogP contribution in [0.25, 0.3) is 0 Å². The van der Waals surface area contributed by atoms with Crippen molar-refractivity contribution in [2.75, 3.05) is 13.1 Å². The third kappa shape index (κ3) is 2.51. The predicted molar refractivity (Wildman–Crippen MR) is 70.4 cm³/mol. The van der Waals surface area contributed by atoms with E-state index >= 15 is 0 Å². The Morgan fingerprint density at radius 1 is 0.941 bits per heavy atom. The second-order valence-corrected chi connectivity index (χ2v) is 5.10. The van der Waals surface area contributed by atoms with Gasteiger partial charge in [0.25, 0.3) is 5.91 Å². The van der Waals surface area contributed by atoms with Gasteiger partial charge in [0.2, 0.25) is 0 Å². The molecule has 1 aromatic carbocycles. The molecule has 0 aliphatic carbocycles. The molecule has 1 saturated heterocycles. The number of amides is 1. The predicted octanol–water partition coefficient (Wildman–Crippen LogP) is 3.24. The van der Waals surface area contributed by atoms with Gasteiger partial charge in [0.1, 0.15) is 0 Å². The lowest BCUT2D eigenvalue weighted by Gasteiger charge is -2.27. The van der Waals surface area contributed by atoms with E-state index in [1.54, 1.807) is 0 Å². The molecule has 0 atom stereocenters. The van der Waals surface area contributed by atoms with E-state index in [0.29, 0.717) is 0 Å². The molecule has 0 unspecified atom stereocenters. The number of carbonyl (C=O) groups excluding carboxylic acids is 1. The van der Waals surface area contributed by atoms with Crippen molar-refractivity contribution in [2.45, 2.75) is 40.0 Å². The van der Waals surface area contributed by atoms with Gasteiger partial charge < -0.3 is 4.90 Å². The van der Waals surface area contributed by atoms with Crippen molar-refractivity contribution >= 4 is 5.91 Å². The van der Waals surface area contributed by atoms with Gasteiger partial charge in [-0.2, -0.15) is 0 Å². The maximum atomic E-state index is 12.4. The fourth-order valence-corrected chi connectivity index (χ4v) is 2.46. The molecule has 17 heavy (non-hydrogen) atoms. The summed E-state index contributed by atoms with van der Waals surface area (Å²) >= 11 is 0. The summed E-state index contributed by atoms with van der Waals surface area (Å²) in [4.78, 5) is 14.4. The third-order valence-corrected chi connectivity index (χ3v) is 3.71. The summed E-state index contributed by atoms with van der Waals surface area (Å²) in [5, 5.41) is 0. The zero-order chi connectivity index (χ0) is 12.4. The first-order chi connectivity index (χ1) is 8.09. The lowest BCUT2D eigenvalue weighted by molar-refractivity contribution is 0.0723. The van der Waals surface area contributed by atoms with E-state index in [1.165, 1.54) is 17.5 Å². The van der Waals surface area contributed by atoms with E-state index in [1.807, 2.05) is 17.9 Å². The van der Waals surface area contributed by atoms with Gasteiger partial charge in [-0.25, -0.2) is 0 Å². The molecule has 0 radical (unpaired) electrons. The summed E-state index contributed by atoms with van der Waals surface area (Å²) in [6, 6.07) is 4.16. The van der Waals surface area contributed by atoms with Crippen LogP contribution in [0.5, 0.6) is 0 Å². The summed E-state index contributed by atoms with van der Waals surface area (Å²) in [6.07, 6.45) is 3.56. The molecule has 92 valence electrons. The van der Waals surface area contributed by atoms with E-state index in [0.717, 1.165) is 37.1 Å². The van der Waals surface area contributed by atoms with Crippen LogP contribution in [-0.2, 0) is 0 Å². The highest BCUT2D eigenvalue weighted by Gasteiger charge is 2.19. The Morgan fingerprint density at radius 3 is 2.18 bits per heavy atom. The average Bonchev–Trinajstić information content (AvgIpc) is 2.34. The van der Waals surface area contributed by atoms with Crippen molar-refractivity contribution in [1.82, 2.24) is 4.90 Å². The van der Waals surface area contributed by atoms with Crippen molar-refractivity contribution in [3.05, 3.63) is 34.4 Å². The normalized spacial score (nSPS) is 16.1. The molecule has 1 heterocycles. The molecule has 0 saturated carbocycles. The van der Waals surface area contributed by atoms with Gasteiger partial charge >= 0.3 is 0 Å². The summed E-state index contributed by atoms with van der Waals surface area (Å²) in [5.41, 5.74) is 4.45. The number of carbonyl (C=O) groups is 1. The van der Waals surface area contributed by atoms with Gasteiger partial charge in [-0.1, -0.05) is 6.07 Å². The molecule has 2 rings (SSSR count). The van der Waals surface area contributed by atoms with E-state index < -0.39 is 0 Å². The summed E-state index contributed by atoms with van der Waals surface area (Å²) in [7, 11) is 0. The van der Waals surface area contributed by atoms with Gasteiger partial charge in [-0.05, 0) is 62.8 Å². The lowest BCUT2D eigenvalue weighted by Crippen LogP contribution is -2.36. The largest absolute Gasteiger partial charge is 0.339 e. The minimum atomic E-state index is 0.213. The fraction of sp³-hybridized carbons (Fsp3) is 0.533. The van der Waals surface area contributed by atoms with Gasteiger partial charge in [0, 0.05) is 18.7 Å². The van der Waals surface area contributed by atoms with E-state index in [-0.39, 0.29) is 5.91 Å². The SMILES string of the molecule is Cc1cc(C)c(C(=O)N2CCCCC2)cc1C. The number of benzene rings is 1. The average molecular weight is 231 g/mol. The molecular formula is C15H21NO. The first kappa shape index (κ1) is 12.2.